The zero-order valence-electron chi connectivity index (χ0n) is 18.8. The van der Waals surface area contributed by atoms with Gasteiger partial charge < -0.3 is 4.74 Å². The van der Waals surface area contributed by atoms with Crippen LogP contribution >= 0.6 is 0 Å². The Hall–Kier alpha value is -3.02. The Morgan fingerprint density at radius 1 is 1.00 bits per heavy atom. The molecule has 0 aliphatic carbocycles. The first kappa shape index (κ1) is 24.3. The Bertz CT molecular complexity index is 873. The highest BCUT2D eigenvalue weighted by atomic mass is 16.5. The van der Waals surface area contributed by atoms with Crippen LogP contribution in [0.4, 0.5) is 0 Å². The van der Waals surface area contributed by atoms with Gasteiger partial charge in [0.25, 0.3) is 11.8 Å². The smallest absolute Gasteiger partial charge is 0.316 e. The molecule has 1 aromatic carbocycles. The van der Waals surface area contributed by atoms with Crippen LogP contribution in [0.25, 0.3) is 0 Å². The first-order chi connectivity index (χ1) is 14.8. The normalized spacial score (nSPS) is 14.3. The van der Waals surface area contributed by atoms with Crippen LogP contribution in [0.1, 0.15) is 73.6 Å². The predicted molar refractivity (Wildman–Crippen MR) is 119 cm³/mol. The van der Waals surface area contributed by atoms with E-state index in [0.29, 0.717) is 24.0 Å². The van der Waals surface area contributed by atoms with Gasteiger partial charge >= 0.3 is 5.97 Å². The van der Waals surface area contributed by atoms with Gasteiger partial charge in [-0.2, -0.15) is 0 Å². The first-order valence-electron chi connectivity index (χ1n) is 10.6. The summed E-state index contributed by atoms with van der Waals surface area (Å²) < 4.78 is 4.82. The summed E-state index contributed by atoms with van der Waals surface area (Å²) in [4.78, 5) is 50.8. The lowest BCUT2D eigenvalue weighted by molar-refractivity contribution is -0.149. The number of methoxy groups -OCH3 is 1. The van der Waals surface area contributed by atoms with Crippen molar-refractivity contribution < 1.29 is 23.9 Å². The molecule has 1 unspecified atom stereocenters. The summed E-state index contributed by atoms with van der Waals surface area (Å²) in [7, 11) is 1.27. The molecule has 1 heterocycles. The molecule has 6 heteroatoms. The minimum Gasteiger partial charge on any atom is -0.468 e. The van der Waals surface area contributed by atoms with Gasteiger partial charge in [0.05, 0.1) is 18.2 Å². The summed E-state index contributed by atoms with van der Waals surface area (Å²) >= 11 is 0. The van der Waals surface area contributed by atoms with Crippen molar-refractivity contribution in [2.45, 2.75) is 52.9 Å². The molecule has 1 atom stereocenters. The quantitative estimate of drug-likeness (QED) is 0.226. The molecule has 1 aliphatic rings. The van der Waals surface area contributed by atoms with Crippen molar-refractivity contribution >= 4 is 23.6 Å². The van der Waals surface area contributed by atoms with Crippen molar-refractivity contribution in [1.29, 1.82) is 0 Å². The number of hydrogen-bond acceptors (Lipinski definition) is 5. The number of amides is 2. The van der Waals surface area contributed by atoms with Gasteiger partial charge in [-0.05, 0) is 58.6 Å². The number of carbonyl (C=O) groups is 4. The maximum atomic E-state index is 12.7. The fourth-order valence-corrected chi connectivity index (χ4v) is 3.54. The zero-order valence-corrected chi connectivity index (χ0v) is 18.8. The SMILES string of the molecule is COC(=O)C(C/C=C(/C)CCC=C(C)C)C(=O)CCCN1C(=O)c2ccccc2C1=O. The van der Waals surface area contributed by atoms with E-state index in [0.717, 1.165) is 18.4 Å². The van der Waals surface area contributed by atoms with Crippen molar-refractivity contribution in [1.82, 2.24) is 4.90 Å². The second-order valence-corrected chi connectivity index (χ2v) is 8.06. The highest BCUT2D eigenvalue weighted by Gasteiger charge is 2.35. The molecular formula is C25H31NO5. The average molecular weight is 426 g/mol. The maximum Gasteiger partial charge on any atom is 0.316 e. The molecule has 31 heavy (non-hydrogen) atoms. The third-order valence-electron chi connectivity index (χ3n) is 5.35. The van der Waals surface area contributed by atoms with Crippen LogP contribution in [0.15, 0.2) is 47.6 Å². The monoisotopic (exact) mass is 425 g/mol. The highest BCUT2D eigenvalue weighted by Crippen LogP contribution is 2.23. The van der Waals surface area contributed by atoms with Gasteiger partial charge in [-0.15, -0.1) is 0 Å². The number of ketones is 1. The van der Waals surface area contributed by atoms with E-state index >= 15 is 0 Å². The van der Waals surface area contributed by atoms with Crippen LogP contribution in [0.2, 0.25) is 0 Å². The Morgan fingerprint density at radius 3 is 2.16 bits per heavy atom. The Morgan fingerprint density at radius 2 is 1.61 bits per heavy atom. The number of carbonyl (C=O) groups excluding carboxylic acids is 4. The summed E-state index contributed by atoms with van der Waals surface area (Å²) in [5.41, 5.74) is 3.15. The topological polar surface area (TPSA) is 80.8 Å². The van der Waals surface area contributed by atoms with E-state index in [-0.39, 0.29) is 30.6 Å². The van der Waals surface area contributed by atoms with Gasteiger partial charge in [-0.25, -0.2) is 0 Å². The molecule has 0 N–H and O–H groups in total. The molecular weight excluding hydrogens is 394 g/mol. The standard InChI is InChI=1S/C25H31NO5/c1-17(2)9-7-10-18(3)14-15-21(25(30)31-4)22(27)13-8-16-26-23(28)19-11-5-6-12-20(19)24(26)29/h5-6,9,11-12,14,21H,7-8,10,13,15-16H2,1-4H3/b18-14-. The summed E-state index contributed by atoms with van der Waals surface area (Å²) in [6, 6.07) is 6.68. The molecule has 0 bridgehead atoms. The van der Waals surface area contributed by atoms with Crippen LogP contribution in [0.5, 0.6) is 0 Å². The molecule has 0 spiro atoms. The van der Waals surface area contributed by atoms with E-state index in [1.54, 1.807) is 24.3 Å². The predicted octanol–water partition coefficient (Wildman–Crippen LogP) is 4.50. The summed E-state index contributed by atoms with van der Waals surface area (Å²) in [6.07, 6.45) is 6.55. The fourth-order valence-electron chi connectivity index (χ4n) is 3.54. The number of Topliss-reactive ketones (excluding diaryl/α,β-unsaturated/α-hetero) is 1. The Kier molecular flexibility index (Phi) is 8.91. The Labute approximate surface area is 183 Å². The maximum absolute atomic E-state index is 12.7. The van der Waals surface area contributed by atoms with Crippen molar-refractivity contribution in [3.8, 4) is 0 Å². The van der Waals surface area contributed by atoms with E-state index < -0.39 is 11.9 Å². The molecule has 0 fully saturated rings. The van der Waals surface area contributed by atoms with Crippen LogP contribution in [0, 0.1) is 5.92 Å². The largest absolute Gasteiger partial charge is 0.468 e. The average Bonchev–Trinajstić information content (AvgIpc) is 2.98. The van der Waals surface area contributed by atoms with Gasteiger partial charge in [0.1, 0.15) is 11.7 Å². The lowest BCUT2D eigenvalue weighted by Crippen LogP contribution is -2.32. The van der Waals surface area contributed by atoms with Crippen LogP contribution in [-0.2, 0) is 14.3 Å². The van der Waals surface area contributed by atoms with Crippen molar-refractivity contribution in [2.24, 2.45) is 5.92 Å². The molecule has 0 saturated carbocycles. The number of allylic oxidation sites excluding steroid dienone is 4. The van der Waals surface area contributed by atoms with E-state index in [9.17, 15) is 19.2 Å². The second kappa shape index (κ2) is 11.4. The number of hydrogen-bond donors (Lipinski definition) is 0. The molecule has 1 aromatic rings. The number of nitrogens with zero attached hydrogens (tertiary/aromatic N) is 1. The minimum atomic E-state index is -0.870. The third kappa shape index (κ3) is 6.48. The lowest BCUT2D eigenvalue weighted by atomic mass is 9.95. The van der Waals surface area contributed by atoms with Crippen LogP contribution in [0.3, 0.4) is 0 Å². The molecule has 0 radical (unpaired) electrons. The van der Waals surface area contributed by atoms with Crippen molar-refractivity contribution in [3.05, 3.63) is 58.7 Å². The number of ether oxygens (including phenoxy) is 1. The van der Waals surface area contributed by atoms with Gasteiger partial charge in [-0.3, -0.25) is 24.1 Å². The highest BCUT2D eigenvalue weighted by molar-refractivity contribution is 6.21. The van der Waals surface area contributed by atoms with Crippen LogP contribution < -0.4 is 0 Å². The van der Waals surface area contributed by atoms with E-state index in [4.69, 9.17) is 4.74 Å². The number of esters is 1. The van der Waals surface area contributed by atoms with E-state index in [1.165, 1.54) is 17.6 Å². The van der Waals surface area contributed by atoms with Gasteiger partial charge in [0.2, 0.25) is 0 Å². The zero-order chi connectivity index (χ0) is 23.0. The number of benzene rings is 1. The van der Waals surface area contributed by atoms with Gasteiger partial charge in [0.15, 0.2) is 0 Å². The number of imide groups is 1. The van der Waals surface area contributed by atoms with E-state index in [2.05, 4.69) is 6.08 Å². The number of rotatable bonds is 11. The molecule has 0 saturated heterocycles. The number of fused-ring (bicyclic) bond motifs is 1. The second-order valence-electron chi connectivity index (χ2n) is 8.06. The third-order valence-corrected chi connectivity index (χ3v) is 5.35. The molecule has 2 rings (SSSR count). The first-order valence-corrected chi connectivity index (χ1v) is 10.6. The molecule has 2 amide bonds. The molecule has 1 aliphatic heterocycles. The molecule has 6 nitrogen and oxygen atoms in total. The Balaban J connectivity index is 1.91. The van der Waals surface area contributed by atoms with Gasteiger partial charge in [-0.1, -0.05) is 35.4 Å². The van der Waals surface area contributed by atoms with Crippen molar-refractivity contribution in [2.75, 3.05) is 13.7 Å². The minimum absolute atomic E-state index is 0.0951. The summed E-state index contributed by atoms with van der Waals surface area (Å²) in [6.45, 7) is 6.23. The lowest BCUT2D eigenvalue weighted by Gasteiger charge is -2.15. The van der Waals surface area contributed by atoms with E-state index in [1.807, 2.05) is 26.8 Å². The summed E-state index contributed by atoms with van der Waals surface area (Å²) in [5, 5.41) is 0. The summed E-state index contributed by atoms with van der Waals surface area (Å²) in [5.74, 6) is -2.35. The van der Waals surface area contributed by atoms with Gasteiger partial charge in [0, 0.05) is 13.0 Å². The van der Waals surface area contributed by atoms with Crippen molar-refractivity contribution in [3.63, 3.8) is 0 Å². The molecule has 166 valence electrons. The molecule has 0 aromatic heterocycles. The fraction of sp³-hybridized carbons (Fsp3) is 0.440. The van der Waals surface area contributed by atoms with Crippen LogP contribution in [-0.4, -0.2) is 42.1 Å².